The van der Waals surface area contributed by atoms with E-state index in [1.807, 2.05) is 36.4 Å². The number of amides is 1. The van der Waals surface area contributed by atoms with Gasteiger partial charge in [0, 0.05) is 23.9 Å². The molecule has 31 heavy (non-hydrogen) atoms. The van der Waals surface area contributed by atoms with Gasteiger partial charge < -0.3 is 24.7 Å². The van der Waals surface area contributed by atoms with Gasteiger partial charge in [-0.1, -0.05) is 66.7 Å². The fraction of sp³-hybridized carbons (Fsp3) is 0.200. The second-order valence-electron chi connectivity index (χ2n) is 7.34. The predicted molar refractivity (Wildman–Crippen MR) is 114 cm³/mol. The summed E-state index contributed by atoms with van der Waals surface area (Å²) in [5.41, 5.74) is 5.02. The molecule has 158 valence electrons. The molecule has 6 heteroatoms. The molecule has 0 fully saturated rings. The fourth-order valence-electron chi connectivity index (χ4n) is 4.14. The van der Waals surface area contributed by atoms with Crippen molar-refractivity contribution in [1.29, 1.82) is 0 Å². The van der Waals surface area contributed by atoms with Crippen LogP contribution in [0.5, 0.6) is 5.75 Å². The molecule has 6 nitrogen and oxygen atoms in total. The smallest absolute Gasteiger partial charge is 0.407 e. The summed E-state index contributed by atoms with van der Waals surface area (Å²) in [6, 6.07) is 22.2. The van der Waals surface area contributed by atoms with Gasteiger partial charge in [0.1, 0.15) is 12.4 Å². The standard InChI is InChI=1S/C25H23NO5/c1-30-23-13-7-6-12-20(23)22(14-24(27)28)26-25(29)31-15-21-18-10-4-2-8-16(18)17-9-3-5-11-19(17)21/h2-13,21-22H,14-15H2,1H3,(H,26,29)(H,27,28)/p-1/t22-/m1/s1. The highest BCUT2D eigenvalue weighted by molar-refractivity contribution is 5.79. The van der Waals surface area contributed by atoms with Gasteiger partial charge in [0.2, 0.25) is 0 Å². The van der Waals surface area contributed by atoms with Gasteiger partial charge >= 0.3 is 6.09 Å². The molecule has 0 spiro atoms. The summed E-state index contributed by atoms with van der Waals surface area (Å²) in [5.74, 6) is -0.883. The highest BCUT2D eigenvalue weighted by atomic mass is 16.5. The third-order valence-electron chi connectivity index (χ3n) is 5.52. The second kappa shape index (κ2) is 8.92. The summed E-state index contributed by atoms with van der Waals surface area (Å²) in [6.45, 7) is 0.143. The Labute approximate surface area is 180 Å². The Hall–Kier alpha value is -3.80. The third kappa shape index (κ3) is 4.23. The van der Waals surface area contributed by atoms with Crippen molar-refractivity contribution in [2.45, 2.75) is 18.4 Å². The summed E-state index contributed by atoms with van der Waals surface area (Å²) < 4.78 is 10.8. The van der Waals surface area contributed by atoms with E-state index in [0.29, 0.717) is 11.3 Å². The first-order valence-corrected chi connectivity index (χ1v) is 10.0. The normalized spacial score (nSPS) is 13.1. The van der Waals surface area contributed by atoms with Crippen molar-refractivity contribution in [1.82, 2.24) is 5.32 Å². The van der Waals surface area contributed by atoms with Gasteiger partial charge in [0.05, 0.1) is 13.2 Å². The number of methoxy groups -OCH3 is 1. The highest BCUT2D eigenvalue weighted by Gasteiger charge is 2.29. The van der Waals surface area contributed by atoms with Crippen LogP contribution in [-0.4, -0.2) is 25.8 Å². The van der Waals surface area contributed by atoms with Crippen LogP contribution in [0.25, 0.3) is 11.1 Å². The Morgan fingerprint density at radius 1 is 0.935 bits per heavy atom. The van der Waals surface area contributed by atoms with Crippen molar-refractivity contribution in [3.8, 4) is 16.9 Å². The van der Waals surface area contributed by atoms with Crippen molar-refractivity contribution in [2.24, 2.45) is 0 Å². The summed E-state index contributed by atoms with van der Waals surface area (Å²) >= 11 is 0. The van der Waals surface area contributed by atoms with E-state index >= 15 is 0 Å². The number of nitrogens with one attached hydrogen (secondary N) is 1. The lowest BCUT2D eigenvalue weighted by Crippen LogP contribution is -2.35. The zero-order valence-corrected chi connectivity index (χ0v) is 17.0. The molecule has 1 amide bonds. The zero-order valence-electron chi connectivity index (χ0n) is 17.0. The van der Waals surface area contributed by atoms with Crippen LogP contribution in [0.4, 0.5) is 4.79 Å². The van der Waals surface area contributed by atoms with Crippen LogP contribution in [0.1, 0.15) is 35.1 Å². The Morgan fingerprint density at radius 3 is 2.13 bits per heavy atom. The number of ether oxygens (including phenoxy) is 2. The summed E-state index contributed by atoms with van der Waals surface area (Å²) in [6.07, 6.45) is -1.09. The average Bonchev–Trinajstić information content (AvgIpc) is 3.11. The quantitative estimate of drug-likeness (QED) is 0.638. The van der Waals surface area contributed by atoms with Crippen molar-refractivity contribution < 1.29 is 24.2 Å². The number of alkyl carbamates (subject to hydrolysis) is 1. The first kappa shape index (κ1) is 20.5. The fourth-order valence-corrected chi connectivity index (χ4v) is 4.14. The van der Waals surface area contributed by atoms with Crippen LogP contribution in [0.2, 0.25) is 0 Å². The maximum Gasteiger partial charge on any atom is 0.407 e. The minimum absolute atomic E-state index is 0.0796. The monoisotopic (exact) mass is 416 g/mol. The molecule has 0 saturated heterocycles. The summed E-state index contributed by atoms with van der Waals surface area (Å²) in [5, 5.41) is 13.9. The Morgan fingerprint density at radius 2 is 1.52 bits per heavy atom. The molecule has 0 aliphatic heterocycles. The molecule has 4 rings (SSSR count). The number of para-hydroxylation sites is 1. The molecule has 0 bridgehead atoms. The molecule has 1 atom stereocenters. The molecule has 3 aromatic carbocycles. The Bertz CT molecular complexity index is 1060. The number of hydrogen-bond donors (Lipinski definition) is 1. The van der Waals surface area contributed by atoms with Crippen LogP contribution >= 0.6 is 0 Å². The first-order valence-electron chi connectivity index (χ1n) is 10.0. The van der Waals surface area contributed by atoms with Gasteiger partial charge in [-0.2, -0.15) is 0 Å². The van der Waals surface area contributed by atoms with E-state index in [1.54, 1.807) is 24.3 Å². The number of hydrogen-bond acceptors (Lipinski definition) is 5. The lowest BCUT2D eigenvalue weighted by molar-refractivity contribution is -0.306. The van der Waals surface area contributed by atoms with Crippen LogP contribution in [-0.2, 0) is 9.53 Å². The molecule has 1 aliphatic carbocycles. The minimum Gasteiger partial charge on any atom is -0.550 e. The molecular weight excluding hydrogens is 394 g/mol. The molecule has 0 heterocycles. The molecular formula is C25H22NO5-. The number of aliphatic carboxylic acids is 1. The Balaban J connectivity index is 1.50. The van der Waals surface area contributed by atoms with E-state index in [2.05, 4.69) is 17.4 Å². The SMILES string of the molecule is COc1ccccc1[C@@H](CC(=O)[O-])NC(=O)OCC1c2ccccc2-c2ccccc21. The van der Waals surface area contributed by atoms with Crippen LogP contribution in [0.3, 0.4) is 0 Å². The molecule has 3 aromatic rings. The zero-order chi connectivity index (χ0) is 21.8. The molecule has 0 aromatic heterocycles. The van der Waals surface area contributed by atoms with E-state index in [9.17, 15) is 14.7 Å². The molecule has 0 unspecified atom stereocenters. The maximum atomic E-state index is 12.6. The van der Waals surface area contributed by atoms with Crippen molar-refractivity contribution in [3.63, 3.8) is 0 Å². The summed E-state index contributed by atoms with van der Waals surface area (Å²) in [4.78, 5) is 23.9. The van der Waals surface area contributed by atoms with E-state index in [-0.39, 0.29) is 12.5 Å². The van der Waals surface area contributed by atoms with Gasteiger partial charge in [-0.15, -0.1) is 0 Å². The number of carboxylic acid groups (broad SMARTS) is 1. The number of carbonyl (C=O) groups excluding carboxylic acids is 2. The first-order chi connectivity index (χ1) is 15.1. The largest absolute Gasteiger partial charge is 0.550 e. The van der Waals surface area contributed by atoms with Crippen molar-refractivity contribution in [2.75, 3.05) is 13.7 Å². The van der Waals surface area contributed by atoms with Gasteiger partial charge in [0.25, 0.3) is 0 Å². The van der Waals surface area contributed by atoms with E-state index in [1.165, 1.54) is 7.11 Å². The predicted octanol–water partition coefficient (Wildman–Crippen LogP) is 3.42. The van der Waals surface area contributed by atoms with Gasteiger partial charge in [0.15, 0.2) is 0 Å². The Kier molecular flexibility index (Phi) is 5.89. The third-order valence-corrected chi connectivity index (χ3v) is 5.52. The van der Waals surface area contributed by atoms with Crippen LogP contribution < -0.4 is 15.2 Å². The van der Waals surface area contributed by atoms with E-state index in [0.717, 1.165) is 22.3 Å². The van der Waals surface area contributed by atoms with Gasteiger partial charge in [-0.25, -0.2) is 4.79 Å². The lowest BCUT2D eigenvalue weighted by atomic mass is 9.98. The topological polar surface area (TPSA) is 87.7 Å². The van der Waals surface area contributed by atoms with Gasteiger partial charge in [-0.05, 0) is 28.3 Å². The minimum atomic E-state index is -1.28. The van der Waals surface area contributed by atoms with Crippen LogP contribution in [0, 0.1) is 0 Å². The van der Waals surface area contributed by atoms with E-state index < -0.39 is 24.5 Å². The van der Waals surface area contributed by atoms with Crippen molar-refractivity contribution in [3.05, 3.63) is 89.5 Å². The summed E-state index contributed by atoms with van der Waals surface area (Å²) in [7, 11) is 1.49. The van der Waals surface area contributed by atoms with Crippen LogP contribution in [0.15, 0.2) is 72.8 Å². The number of fused-ring (bicyclic) bond motifs is 3. The molecule has 0 saturated carbocycles. The lowest BCUT2D eigenvalue weighted by Gasteiger charge is -2.22. The average molecular weight is 416 g/mol. The highest BCUT2D eigenvalue weighted by Crippen LogP contribution is 2.44. The number of carboxylic acids is 1. The molecule has 0 radical (unpaired) electrons. The number of benzene rings is 3. The van der Waals surface area contributed by atoms with Gasteiger partial charge in [-0.3, -0.25) is 0 Å². The van der Waals surface area contributed by atoms with E-state index in [4.69, 9.17) is 9.47 Å². The van der Waals surface area contributed by atoms with Crippen molar-refractivity contribution >= 4 is 12.1 Å². The maximum absolute atomic E-state index is 12.6. The number of carbonyl (C=O) groups is 2. The molecule has 1 aliphatic rings. The number of rotatable bonds is 7. The second-order valence-corrected chi connectivity index (χ2v) is 7.34. The molecule has 1 N–H and O–H groups in total.